The number of pyridine rings is 1. The SMILES string of the molecule is CNc1nc(-n2ccnc2)ccc1B1OC(C)(C)C(C)(C)O1. The van der Waals surface area contributed by atoms with E-state index in [9.17, 15) is 0 Å². The zero-order valence-electron chi connectivity index (χ0n) is 13.6. The van der Waals surface area contributed by atoms with Gasteiger partial charge in [0.25, 0.3) is 0 Å². The molecule has 0 radical (unpaired) electrons. The van der Waals surface area contributed by atoms with Gasteiger partial charge < -0.3 is 14.6 Å². The molecule has 0 aromatic carbocycles. The molecule has 3 heterocycles. The smallest absolute Gasteiger partial charge is 0.399 e. The molecule has 0 aliphatic carbocycles. The first-order valence-corrected chi connectivity index (χ1v) is 7.37. The minimum Gasteiger partial charge on any atom is -0.399 e. The second-order valence-electron chi connectivity index (χ2n) is 6.42. The summed E-state index contributed by atoms with van der Waals surface area (Å²) < 4.78 is 14.1. The van der Waals surface area contributed by atoms with E-state index in [4.69, 9.17) is 9.31 Å². The molecule has 0 bridgehead atoms. The van der Waals surface area contributed by atoms with E-state index in [1.54, 1.807) is 12.5 Å². The number of anilines is 1. The minimum absolute atomic E-state index is 0.369. The van der Waals surface area contributed by atoms with Crippen molar-refractivity contribution in [1.82, 2.24) is 14.5 Å². The summed E-state index contributed by atoms with van der Waals surface area (Å²) in [5, 5.41) is 3.12. The number of hydrogen-bond acceptors (Lipinski definition) is 5. The molecule has 22 heavy (non-hydrogen) atoms. The number of imidazole rings is 1. The molecular formula is C15H21BN4O2. The molecule has 116 valence electrons. The normalized spacial score (nSPS) is 19.4. The Morgan fingerprint density at radius 3 is 2.36 bits per heavy atom. The van der Waals surface area contributed by atoms with Crippen molar-refractivity contribution < 1.29 is 9.31 Å². The van der Waals surface area contributed by atoms with E-state index >= 15 is 0 Å². The van der Waals surface area contributed by atoms with Crippen LogP contribution in [0.4, 0.5) is 5.82 Å². The Kier molecular flexibility index (Phi) is 3.49. The third-order valence-corrected chi connectivity index (χ3v) is 4.42. The second-order valence-corrected chi connectivity index (χ2v) is 6.42. The molecule has 1 saturated heterocycles. The van der Waals surface area contributed by atoms with Gasteiger partial charge in [-0.15, -0.1) is 0 Å². The van der Waals surface area contributed by atoms with Crippen LogP contribution in [0.5, 0.6) is 0 Å². The Bertz CT molecular complexity index is 654. The topological polar surface area (TPSA) is 61.2 Å². The minimum atomic E-state index is -0.434. The highest BCUT2D eigenvalue weighted by molar-refractivity contribution is 6.63. The van der Waals surface area contributed by atoms with E-state index in [2.05, 4.69) is 15.3 Å². The van der Waals surface area contributed by atoms with Crippen LogP contribution in [0.2, 0.25) is 0 Å². The maximum absolute atomic E-state index is 6.10. The van der Waals surface area contributed by atoms with E-state index in [0.29, 0.717) is 0 Å². The van der Waals surface area contributed by atoms with Gasteiger partial charge in [-0.2, -0.15) is 0 Å². The molecule has 7 heteroatoms. The van der Waals surface area contributed by atoms with Crippen LogP contribution in [0.1, 0.15) is 27.7 Å². The molecule has 0 amide bonds. The van der Waals surface area contributed by atoms with E-state index in [0.717, 1.165) is 17.1 Å². The molecule has 1 aliphatic heterocycles. The third kappa shape index (κ3) is 2.40. The van der Waals surface area contributed by atoms with Crippen LogP contribution in [-0.2, 0) is 9.31 Å². The fourth-order valence-corrected chi connectivity index (χ4v) is 2.36. The Balaban J connectivity index is 1.95. The summed E-state index contributed by atoms with van der Waals surface area (Å²) in [6, 6.07) is 3.92. The van der Waals surface area contributed by atoms with E-state index in [-0.39, 0.29) is 11.2 Å². The van der Waals surface area contributed by atoms with Crippen molar-refractivity contribution in [1.29, 1.82) is 0 Å². The van der Waals surface area contributed by atoms with Crippen LogP contribution in [0.25, 0.3) is 5.82 Å². The number of rotatable bonds is 3. The zero-order valence-corrected chi connectivity index (χ0v) is 13.6. The van der Waals surface area contributed by atoms with Gasteiger partial charge in [0.2, 0.25) is 0 Å². The van der Waals surface area contributed by atoms with Crippen LogP contribution in [0.15, 0.2) is 30.9 Å². The first-order valence-electron chi connectivity index (χ1n) is 7.37. The first-order chi connectivity index (χ1) is 10.3. The van der Waals surface area contributed by atoms with Crippen molar-refractivity contribution in [2.24, 2.45) is 0 Å². The van der Waals surface area contributed by atoms with Gasteiger partial charge in [0.1, 0.15) is 18.0 Å². The summed E-state index contributed by atoms with van der Waals surface area (Å²) in [6.07, 6.45) is 5.30. The van der Waals surface area contributed by atoms with Gasteiger partial charge in [-0.3, -0.25) is 4.57 Å². The predicted molar refractivity (Wildman–Crippen MR) is 86.6 cm³/mol. The third-order valence-electron chi connectivity index (χ3n) is 4.42. The lowest BCUT2D eigenvalue weighted by molar-refractivity contribution is 0.00578. The van der Waals surface area contributed by atoms with Crippen molar-refractivity contribution >= 4 is 18.4 Å². The fraction of sp³-hybridized carbons (Fsp3) is 0.467. The van der Waals surface area contributed by atoms with Gasteiger partial charge in [0.05, 0.1) is 11.2 Å². The molecule has 2 aromatic rings. The Labute approximate surface area is 131 Å². The molecule has 3 rings (SSSR count). The monoisotopic (exact) mass is 300 g/mol. The lowest BCUT2D eigenvalue weighted by Crippen LogP contribution is -2.41. The molecule has 6 nitrogen and oxygen atoms in total. The van der Waals surface area contributed by atoms with Crippen LogP contribution < -0.4 is 10.8 Å². The Morgan fingerprint density at radius 2 is 1.82 bits per heavy atom. The number of nitrogens with zero attached hydrogens (tertiary/aromatic N) is 3. The molecule has 1 N–H and O–H groups in total. The summed E-state index contributed by atoms with van der Waals surface area (Å²) in [4.78, 5) is 8.67. The van der Waals surface area contributed by atoms with Gasteiger partial charge in [-0.05, 0) is 33.8 Å². The van der Waals surface area contributed by atoms with Crippen LogP contribution in [0.3, 0.4) is 0 Å². The largest absolute Gasteiger partial charge is 0.498 e. The van der Waals surface area contributed by atoms with Crippen LogP contribution in [-0.4, -0.2) is 39.9 Å². The van der Waals surface area contributed by atoms with E-state index < -0.39 is 7.12 Å². The number of aromatic nitrogens is 3. The quantitative estimate of drug-likeness (QED) is 0.873. The maximum atomic E-state index is 6.10. The molecule has 0 atom stereocenters. The maximum Gasteiger partial charge on any atom is 0.498 e. The van der Waals surface area contributed by atoms with Gasteiger partial charge in [-0.25, -0.2) is 9.97 Å². The van der Waals surface area contributed by atoms with Crippen molar-refractivity contribution in [3.05, 3.63) is 30.9 Å². The van der Waals surface area contributed by atoms with Crippen molar-refractivity contribution in [2.75, 3.05) is 12.4 Å². The van der Waals surface area contributed by atoms with Crippen molar-refractivity contribution in [3.63, 3.8) is 0 Å². The van der Waals surface area contributed by atoms with Crippen LogP contribution in [0, 0.1) is 0 Å². The van der Waals surface area contributed by atoms with Crippen molar-refractivity contribution in [3.8, 4) is 5.82 Å². The first kappa shape index (κ1) is 15.1. The fourth-order valence-electron chi connectivity index (χ4n) is 2.36. The average molecular weight is 300 g/mol. The van der Waals surface area contributed by atoms with Crippen LogP contribution >= 0.6 is 0 Å². The van der Waals surface area contributed by atoms with Gasteiger partial charge in [0.15, 0.2) is 0 Å². The van der Waals surface area contributed by atoms with Crippen molar-refractivity contribution in [2.45, 2.75) is 38.9 Å². The lowest BCUT2D eigenvalue weighted by atomic mass is 9.79. The summed E-state index contributed by atoms with van der Waals surface area (Å²) in [6.45, 7) is 8.16. The van der Waals surface area contributed by atoms with E-state index in [1.165, 1.54) is 0 Å². The predicted octanol–water partition coefficient (Wildman–Crippen LogP) is 1.61. The van der Waals surface area contributed by atoms with Gasteiger partial charge >= 0.3 is 7.12 Å². The number of nitrogens with one attached hydrogen (secondary N) is 1. The number of hydrogen-bond donors (Lipinski definition) is 1. The summed E-state index contributed by atoms with van der Waals surface area (Å²) in [5.74, 6) is 1.53. The molecule has 0 spiro atoms. The van der Waals surface area contributed by atoms with E-state index in [1.807, 2.05) is 57.6 Å². The van der Waals surface area contributed by atoms with Gasteiger partial charge in [0, 0.05) is 24.9 Å². The summed E-state index contributed by atoms with van der Waals surface area (Å²) in [5.41, 5.74) is 0.155. The Morgan fingerprint density at radius 1 is 1.14 bits per heavy atom. The molecule has 2 aromatic heterocycles. The summed E-state index contributed by atoms with van der Waals surface area (Å²) in [7, 11) is 1.41. The second kappa shape index (κ2) is 5.10. The summed E-state index contributed by atoms with van der Waals surface area (Å²) >= 11 is 0. The highest BCUT2D eigenvalue weighted by Crippen LogP contribution is 2.36. The standard InChI is InChI=1S/C15H21BN4O2/c1-14(2)15(3,4)22-16(21-14)11-6-7-12(19-13(11)17-5)20-9-8-18-10-20/h6-10H,1-5H3,(H,17,19). The van der Waals surface area contributed by atoms with Gasteiger partial charge in [-0.1, -0.05) is 6.07 Å². The highest BCUT2D eigenvalue weighted by atomic mass is 16.7. The Hall–Kier alpha value is -1.86. The molecule has 0 unspecified atom stereocenters. The molecule has 0 saturated carbocycles. The highest BCUT2D eigenvalue weighted by Gasteiger charge is 2.52. The molecule has 1 aliphatic rings. The average Bonchev–Trinajstić information content (AvgIpc) is 3.05. The molecular weight excluding hydrogens is 279 g/mol. The lowest BCUT2D eigenvalue weighted by Gasteiger charge is -2.32. The zero-order chi connectivity index (χ0) is 16.0. The molecule has 1 fully saturated rings.